The van der Waals surface area contributed by atoms with Crippen LogP contribution in [0.5, 0.6) is 0 Å². The number of piperazine rings is 1. The number of rotatable bonds is 4. The van der Waals surface area contributed by atoms with Crippen LogP contribution in [-0.4, -0.2) is 60.5 Å². The lowest BCUT2D eigenvalue weighted by molar-refractivity contribution is -0.143. The molecule has 1 saturated carbocycles. The van der Waals surface area contributed by atoms with Gasteiger partial charge in [-0.3, -0.25) is 9.59 Å². The Morgan fingerprint density at radius 3 is 2.30 bits per heavy atom. The van der Waals surface area contributed by atoms with Crippen molar-refractivity contribution in [2.75, 3.05) is 38.1 Å². The van der Waals surface area contributed by atoms with Crippen LogP contribution in [0.25, 0.3) is 0 Å². The summed E-state index contributed by atoms with van der Waals surface area (Å²) in [7, 11) is 0. The molecule has 1 aromatic rings. The van der Waals surface area contributed by atoms with Gasteiger partial charge in [0.25, 0.3) is 0 Å². The Morgan fingerprint density at radius 1 is 1.11 bits per heavy atom. The fraction of sp³-hybridized carbons (Fsp3) is 0.500. The van der Waals surface area contributed by atoms with Crippen LogP contribution in [0.15, 0.2) is 18.2 Å². The third-order valence-electron chi connectivity index (χ3n) is 4.87. The summed E-state index contributed by atoms with van der Waals surface area (Å²) < 4.78 is 31.7. The summed E-state index contributed by atoms with van der Waals surface area (Å²) >= 11 is 0. The van der Waals surface area contributed by atoms with Crippen molar-refractivity contribution in [2.45, 2.75) is 19.8 Å². The van der Waals surface area contributed by atoms with Gasteiger partial charge in [0.05, 0.1) is 12.3 Å². The number of hydrogen-bond donors (Lipinski definition) is 1. The Bertz CT molecular complexity index is 759. The van der Waals surface area contributed by atoms with Crippen LogP contribution in [0.2, 0.25) is 0 Å². The van der Waals surface area contributed by atoms with Crippen molar-refractivity contribution in [2.24, 2.45) is 5.41 Å². The molecule has 2 fully saturated rings. The Hall–Kier alpha value is -2.71. The molecule has 3 amide bonds. The van der Waals surface area contributed by atoms with E-state index < -0.39 is 29.0 Å². The van der Waals surface area contributed by atoms with Crippen LogP contribution in [0.4, 0.5) is 19.3 Å². The molecule has 0 bridgehead atoms. The van der Waals surface area contributed by atoms with E-state index in [0.717, 1.165) is 12.1 Å². The first kappa shape index (κ1) is 19.1. The number of carbonyl (C=O) groups excluding carboxylic acids is 3. The van der Waals surface area contributed by atoms with Crippen molar-refractivity contribution in [3.8, 4) is 0 Å². The predicted molar refractivity (Wildman–Crippen MR) is 91.8 cm³/mol. The molecular weight excluding hydrogens is 360 g/mol. The van der Waals surface area contributed by atoms with Crippen LogP contribution in [0.3, 0.4) is 0 Å². The van der Waals surface area contributed by atoms with Crippen molar-refractivity contribution in [1.82, 2.24) is 9.80 Å². The molecule has 1 N–H and O–H groups in total. The molecule has 3 rings (SSSR count). The molecule has 1 aromatic carbocycles. The van der Waals surface area contributed by atoms with E-state index in [1.807, 2.05) is 0 Å². The number of halogens is 2. The van der Waals surface area contributed by atoms with Gasteiger partial charge in [-0.2, -0.15) is 0 Å². The largest absolute Gasteiger partial charge is 0.450 e. The fourth-order valence-electron chi connectivity index (χ4n) is 3.11. The number of anilines is 1. The molecule has 0 unspecified atom stereocenters. The first-order chi connectivity index (χ1) is 12.9. The molecule has 1 heterocycles. The zero-order valence-electron chi connectivity index (χ0n) is 15.0. The highest BCUT2D eigenvalue weighted by Crippen LogP contribution is 2.48. The summed E-state index contributed by atoms with van der Waals surface area (Å²) in [5.74, 6) is -2.56. The molecule has 0 spiro atoms. The van der Waals surface area contributed by atoms with E-state index in [9.17, 15) is 23.2 Å². The minimum absolute atomic E-state index is 0.160. The smallest absolute Gasteiger partial charge is 0.409 e. The zero-order chi connectivity index (χ0) is 19.6. The van der Waals surface area contributed by atoms with Crippen molar-refractivity contribution >= 4 is 23.6 Å². The van der Waals surface area contributed by atoms with E-state index in [1.54, 1.807) is 11.8 Å². The summed E-state index contributed by atoms with van der Waals surface area (Å²) in [6.45, 7) is 3.26. The summed E-state index contributed by atoms with van der Waals surface area (Å²) in [4.78, 5) is 40.2. The standard InChI is InChI=1S/C18H21F2N3O4/c1-2-27-17(26)23-9-7-22(8-10-23)16(25)18(5-6-18)15(24)21-14-4-3-12(19)11-13(14)20/h3-4,11H,2,5-10H2,1H3,(H,21,24). The summed E-state index contributed by atoms with van der Waals surface area (Å²) in [5, 5.41) is 2.39. The summed E-state index contributed by atoms with van der Waals surface area (Å²) in [6.07, 6.45) is 0.326. The normalized spacial score (nSPS) is 18.0. The van der Waals surface area contributed by atoms with Crippen LogP contribution in [0.1, 0.15) is 19.8 Å². The van der Waals surface area contributed by atoms with Gasteiger partial charge in [0.1, 0.15) is 17.0 Å². The number of nitrogens with zero attached hydrogens (tertiary/aromatic N) is 2. The molecule has 146 valence electrons. The van der Waals surface area contributed by atoms with Gasteiger partial charge in [0.15, 0.2) is 0 Å². The Balaban J connectivity index is 1.61. The lowest BCUT2D eigenvalue weighted by Crippen LogP contribution is -2.53. The van der Waals surface area contributed by atoms with Crippen LogP contribution < -0.4 is 5.32 Å². The van der Waals surface area contributed by atoms with Gasteiger partial charge >= 0.3 is 6.09 Å². The molecule has 0 aromatic heterocycles. The van der Waals surface area contributed by atoms with E-state index in [-0.39, 0.29) is 18.2 Å². The highest BCUT2D eigenvalue weighted by molar-refractivity contribution is 6.13. The molecule has 7 nitrogen and oxygen atoms in total. The van der Waals surface area contributed by atoms with E-state index in [0.29, 0.717) is 45.1 Å². The van der Waals surface area contributed by atoms with E-state index in [4.69, 9.17) is 4.74 Å². The van der Waals surface area contributed by atoms with Crippen LogP contribution >= 0.6 is 0 Å². The zero-order valence-corrected chi connectivity index (χ0v) is 15.0. The molecule has 0 radical (unpaired) electrons. The third-order valence-corrected chi connectivity index (χ3v) is 4.87. The fourth-order valence-corrected chi connectivity index (χ4v) is 3.11. The number of nitrogens with one attached hydrogen (secondary N) is 1. The van der Waals surface area contributed by atoms with Gasteiger partial charge in [0, 0.05) is 32.2 Å². The van der Waals surface area contributed by atoms with Crippen LogP contribution in [-0.2, 0) is 14.3 Å². The maximum Gasteiger partial charge on any atom is 0.409 e. The van der Waals surface area contributed by atoms with Gasteiger partial charge in [-0.15, -0.1) is 0 Å². The second kappa shape index (κ2) is 7.50. The monoisotopic (exact) mass is 381 g/mol. The molecule has 1 saturated heterocycles. The average Bonchev–Trinajstić information content (AvgIpc) is 3.46. The number of carbonyl (C=O) groups is 3. The summed E-state index contributed by atoms with van der Waals surface area (Å²) in [5.41, 5.74) is -1.37. The highest BCUT2D eigenvalue weighted by atomic mass is 19.1. The van der Waals surface area contributed by atoms with Crippen molar-refractivity contribution in [1.29, 1.82) is 0 Å². The van der Waals surface area contributed by atoms with Gasteiger partial charge in [-0.1, -0.05) is 0 Å². The van der Waals surface area contributed by atoms with Gasteiger partial charge in [-0.05, 0) is 31.9 Å². The Kier molecular flexibility index (Phi) is 5.29. The second-order valence-electron chi connectivity index (χ2n) is 6.64. The van der Waals surface area contributed by atoms with Crippen molar-refractivity contribution in [3.63, 3.8) is 0 Å². The topological polar surface area (TPSA) is 79.0 Å². The number of ether oxygens (including phenoxy) is 1. The maximum atomic E-state index is 13.8. The third kappa shape index (κ3) is 3.86. The molecule has 27 heavy (non-hydrogen) atoms. The first-order valence-corrected chi connectivity index (χ1v) is 8.85. The Morgan fingerprint density at radius 2 is 1.74 bits per heavy atom. The summed E-state index contributed by atoms with van der Waals surface area (Å²) in [6, 6.07) is 2.83. The predicted octanol–water partition coefficient (Wildman–Crippen LogP) is 1.98. The van der Waals surface area contributed by atoms with E-state index >= 15 is 0 Å². The number of amides is 3. The molecule has 9 heteroatoms. The van der Waals surface area contributed by atoms with E-state index in [1.165, 1.54) is 4.90 Å². The quantitative estimate of drug-likeness (QED) is 0.809. The van der Waals surface area contributed by atoms with Crippen LogP contribution in [0, 0.1) is 17.0 Å². The molecule has 1 aliphatic heterocycles. The van der Waals surface area contributed by atoms with Gasteiger partial charge in [0.2, 0.25) is 11.8 Å². The van der Waals surface area contributed by atoms with Crippen molar-refractivity contribution < 1.29 is 27.9 Å². The lowest BCUT2D eigenvalue weighted by Gasteiger charge is -2.35. The average molecular weight is 381 g/mol. The molecular formula is C18H21F2N3O4. The lowest BCUT2D eigenvalue weighted by atomic mass is 10.0. The van der Waals surface area contributed by atoms with E-state index in [2.05, 4.69) is 5.32 Å². The highest BCUT2D eigenvalue weighted by Gasteiger charge is 2.58. The SMILES string of the molecule is CCOC(=O)N1CCN(C(=O)C2(C(=O)Nc3ccc(F)cc3F)CC2)CC1. The first-order valence-electron chi connectivity index (χ1n) is 8.85. The van der Waals surface area contributed by atoms with Crippen molar-refractivity contribution in [3.05, 3.63) is 29.8 Å². The van der Waals surface area contributed by atoms with Gasteiger partial charge in [-0.25, -0.2) is 13.6 Å². The molecule has 2 aliphatic rings. The molecule has 1 aliphatic carbocycles. The minimum Gasteiger partial charge on any atom is -0.450 e. The number of benzene rings is 1. The van der Waals surface area contributed by atoms with Gasteiger partial charge < -0.3 is 19.9 Å². The second-order valence-corrected chi connectivity index (χ2v) is 6.64. The molecule has 0 atom stereocenters. The number of hydrogen-bond acceptors (Lipinski definition) is 4. The maximum absolute atomic E-state index is 13.8. The Labute approximate surface area is 155 Å². The minimum atomic E-state index is -1.22.